The first-order valence-corrected chi connectivity index (χ1v) is 8.16. The van der Waals surface area contributed by atoms with Crippen LogP contribution < -0.4 is 5.32 Å². The fraction of sp³-hybridized carbons (Fsp3) is 0.538. The van der Waals surface area contributed by atoms with Crippen LogP contribution in [0.3, 0.4) is 0 Å². The van der Waals surface area contributed by atoms with Crippen molar-refractivity contribution in [2.75, 3.05) is 11.9 Å². The predicted octanol–water partition coefficient (Wildman–Crippen LogP) is 4.40. The van der Waals surface area contributed by atoms with E-state index in [-0.39, 0.29) is 0 Å². The second-order valence-corrected chi connectivity index (χ2v) is 6.58. The van der Waals surface area contributed by atoms with Gasteiger partial charge in [0.05, 0.1) is 0 Å². The van der Waals surface area contributed by atoms with Crippen molar-refractivity contribution in [3.63, 3.8) is 0 Å². The van der Waals surface area contributed by atoms with Crippen LogP contribution in [-0.4, -0.2) is 21.8 Å². The van der Waals surface area contributed by atoms with Crippen LogP contribution >= 0.6 is 23.1 Å². The number of fused-ring (bicyclic) bond motifs is 1. The summed E-state index contributed by atoms with van der Waals surface area (Å²) in [7, 11) is 0. The smallest absolute Gasteiger partial charge is 0.225 e. The van der Waals surface area contributed by atoms with E-state index >= 15 is 0 Å². The Labute approximate surface area is 116 Å². The molecule has 0 aliphatic rings. The van der Waals surface area contributed by atoms with Crippen LogP contribution in [0.1, 0.15) is 33.6 Å². The van der Waals surface area contributed by atoms with E-state index in [0.29, 0.717) is 5.25 Å². The molecule has 1 atom stereocenters. The maximum absolute atomic E-state index is 4.65. The Morgan fingerprint density at radius 3 is 2.94 bits per heavy atom. The van der Waals surface area contributed by atoms with E-state index < -0.39 is 0 Å². The van der Waals surface area contributed by atoms with E-state index in [0.717, 1.165) is 35.2 Å². The van der Waals surface area contributed by atoms with Crippen molar-refractivity contribution in [2.24, 2.45) is 0 Å². The number of nitrogens with zero attached hydrogens (tertiary/aromatic N) is 2. The van der Waals surface area contributed by atoms with Crippen LogP contribution in [0.2, 0.25) is 0 Å². The standard InChI is InChI=1S/C13H19N3S2/c1-4-7-14-13-15-11-10(6-8-17-11)12(16-13)18-9(3)5-2/h6,8-9H,4-5,7H2,1-3H3,(H,14,15,16). The highest BCUT2D eigenvalue weighted by Crippen LogP contribution is 2.32. The molecule has 0 spiro atoms. The van der Waals surface area contributed by atoms with E-state index in [2.05, 4.69) is 47.5 Å². The van der Waals surface area contributed by atoms with Gasteiger partial charge < -0.3 is 5.32 Å². The molecule has 2 rings (SSSR count). The summed E-state index contributed by atoms with van der Waals surface area (Å²) >= 11 is 3.52. The van der Waals surface area contributed by atoms with Gasteiger partial charge in [0, 0.05) is 17.2 Å². The average Bonchev–Trinajstić information content (AvgIpc) is 2.84. The summed E-state index contributed by atoms with van der Waals surface area (Å²) in [6, 6.07) is 2.12. The van der Waals surface area contributed by atoms with Gasteiger partial charge in [0.25, 0.3) is 0 Å². The van der Waals surface area contributed by atoms with Crippen molar-refractivity contribution < 1.29 is 0 Å². The van der Waals surface area contributed by atoms with E-state index in [9.17, 15) is 0 Å². The van der Waals surface area contributed by atoms with Crippen LogP contribution in [0.4, 0.5) is 5.95 Å². The lowest BCUT2D eigenvalue weighted by Crippen LogP contribution is -2.05. The maximum atomic E-state index is 4.65. The second-order valence-electron chi connectivity index (χ2n) is 4.26. The molecule has 0 saturated carbocycles. The van der Waals surface area contributed by atoms with E-state index in [1.54, 1.807) is 11.3 Å². The third kappa shape index (κ3) is 3.14. The van der Waals surface area contributed by atoms with Crippen molar-refractivity contribution in [1.82, 2.24) is 9.97 Å². The molecule has 1 unspecified atom stereocenters. The molecule has 0 saturated heterocycles. The quantitative estimate of drug-likeness (QED) is 0.629. The molecule has 1 N–H and O–H groups in total. The van der Waals surface area contributed by atoms with Crippen LogP contribution in [-0.2, 0) is 0 Å². The number of hydrogen-bond acceptors (Lipinski definition) is 5. The van der Waals surface area contributed by atoms with Crippen molar-refractivity contribution in [3.05, 3.63) is 11.4 Å². The highest BCUT2D eigenvalue weighted by Gasteiger charge is 2.11. The number of thiophene rings is 1. The Morgan fingerprint density at radius 2 is 2.22 bits per heavy atom. The number of nitrogens with one attached hydrogen (secondary N) is 1. The van der Waals surface area contributed by atoms with Gasteiger partial charge in [-0.05, 0) is 24.3 Å². The summed E-state index contributed by atoms with van der Waals surface area (Å²) < 4.78 is 0. The summed E-state index contributed by atoms with van der Waals surface area (Å²) in [4.78, 5) is 10.3. The third-order valence-electron chi connectivity index (χ3n) is 2.71. The summed E-state index contributed by atoms with van der Waals surface area (Å²) in [5, 5.41) is 8.24. The van der Waals surface area contributed by atoms with E-state index in [4.69, 9.17) is 0 Å². The van der Waals surface area contributed by atoms with Crippen molar-refractivity contribution >= 4 is 39.3 Å². The van der Waals surface area contributed by atoms with Crippen molar-refractivity contribution in [2.45, 2.75) is 43.9 Å². The minimum Gasteiger partial charge on any atom is -0.354 e. The van der Waals surface area contributed by atoms with Gasteiger partial charge in [-0.15, -0.1) is 23.1 Å². The number of hydrogen-bond donors (Lipinski definition) is 1. The van der Waals surface area contributed by atoms with Gasteiger partial charge in [-0.2, -0.15) is 0 Å². The molecule has 0 aliphatic heterocycles. The average molecular weight is 281 g/mol. The molecule has 0 aromatic carbocycles. The fourth-order valence-electron chi connectivity index (χ4n) is 1.51. The van der Waals surface area contributed by atoms with Crippen LogP contribution in [0.25, 0.3) is 10.2 Å². The monoisotopic (exact) mass is 281 g/mol. The summed E-state index contributed by atoms with van der Waals surface area (Å²) in [5.41, 5.74) is 0. The van der Waals surface area contributed by atoms with Gasteiger partial charge >= 0.3 is 0 Å². The zero-order chi connectivity index (χ0) is 13.0. The first-order valence-electron chi connectivity index (χ1n) is 6.40. The molecule has 2 heterocycles. The Balaban J connectivity index is 2.32. The molecule has 2 aromatic rings. The summed E-state index contributed by atoms with van der Waals surface area (Å²) in [5.74, 6) is 0.762. The molecule has 3 nitrogen and oxygen atoms in total. The topological polar surface area (TPSA) is 37.8 Å². The molecular formula is C13H19N3S2. The van der Waals surface area contributed by atoms with E-state index in [1.807, 2.05) is 11.8 Å². The summed E-state index contributed by atoms with van der Waals surface area (Å²) in [6.45, 7) is 7.51. The minimum atomic E-state index is 0.585. The van der Waals surface area contributed by atoms with Crippen molar-refractivity contribution in [1.29, 1.82) is 0 Å². The molecule has 0 amide bonds. The first kappa shape index (κ1) is 13.6. The van der Waals surface area contributed by atoms with E-state index in [1.165, 1.54) is 5.39 Å². The molecular weight excluding hydrogens is 262 g/mol. The lowest BCUT2D eigenvalue weighted by atomic mass is 10.4. The molecule has 2 aromatic heterocycles. The van der Waals surface area contributed by atoms with Gasteiger partial charge in [-0.25, -0.2) is 9.97 Å². The molecule has 18 heavy (non-hydrogen) atoms. The summed E-state index contributed by atoms with van der Waals surface area (Å²) in [6.07, 6.45) is 2.23. The van der Waals surface area contributed by atoms with Gasteiger partial charge in [-0.3, -0.25) is 0 Å². The normalized spacial score (nSPS) is 12.8. The molecule has 5 heteroatoms. The molecule has 0 aliphatic carbocycles. The number of thioether (sulfide) groups is 1. The molecule has 0 bridgehead atoms. The second kappa shape index (κ2) is 6.38. The van der Waals surface area contributed by atoms with Gasteiger partial charge in [0.1, 0.15) is 9.86 Å². The zero-order valence-corrected chi connectivity index (χ0v) is 12.7. The van der Waals surface area contributed by atoms with Crippen LogP contribution in [0, 0.1) is 0 Å². The Bertz CT molecular complexity index is 510. The highest BCUT2D eigenvalue weighted by atomic mass is 32.2. The van der Waals surface area contributed by atoms with Gasteiger partial charge in [-0.1, -0.05) is 20.8 Å². The third-order valence-corrected chi connectivity index (χ3v) is 4.79. The first-order chi connectivity index (χ1) is 8.74. The lowest BCUT2D eigenvalue weighted by molar-refractivity contribution is 0.900. The van der Waals surface area contributed by atoms with Crippen molar-refractivity contribution in [3.8, 4) is 0 Å². The number of anilines is 1. The maximum Gasteiger partial charge on any atom is 0.225 e. The van der Waals surface area contributed by atoms with Gasteiger partial charge in [0.15, 0.2) is 0 Å². The zero-order valence-electron chi connectivity index (χ0n) is 11.1. The predicted molar refractivity (Wildman–Crippen MR) is 81.8 cm³/mol. The van der Waals surface area contributed by atoms with Crippen LogP contribution in [0.15, 0.2) is 16.5 Å². The number of aromatic nitrogens is 2. The lowest BCUT2D eigenvalue weighted by Gasteiger charge is -2.10. The molecule has 98 valence electrons. The number of rotatable bonds is 6. The highest BCUT2D eigenvalue weighted by molar-refractivity contribution is 8.00. The Morgan fingerprint density at radius 1 is 1.39 bits per heavy atom. The largest absolute Gasteiger partial charge is 0.354 e. The molecule has 0 radical (unpaired) electrons. The van der Waals surface area contributed by atoms with Gasteiger partial charge in [0.2, 0.25) is 5.95 Å². The Hall–Kier alpha value is -0.810. The fourth-order valence-corrected chi connectivity index (χ4v) is 3.31. The SMILES string of the molecule is CCCNc1nc(SC(C)CC)c2ccsc2n1. The van der Waals surface area contributed by atoms with Crippen LogP contribution in [0.5, 0.6) is 0 Å². The minimum absolute atomic E-state index is 0.585. The Kier molecular flexibility index (Phi) is 4.83. The molecule has 0 fully saturated rings.